The Morgan fingerprint density at radius 3 is 1.97 bits per heavy atom. The zero-order chi connectivity index (χ0) is 45.5. The molecule has 0 aromatic heterocycles. The lowest BCUT2D eigenvalue weighted by molar-refractivity contribution is 0.0422. The molecule has 18 nitrogen and oxygen atoms in total. The quantitative estimate of drug-likeness (QED) is 0.0151. The molecule has 1 atom stereocenters. The van der Waals surface area contributed by atoms with Crippen molar-refractivity contribution in [2.24, 2.45) is 25.6 Å². The normalized spacial score (nSPS) is 14.3. The van der Waals surface area contributed by atoms with E-state index in [2.05, 4.69) is 43.2 Å². The fourth-order valence-corrected chi connectivity index (χ4v) is 7.68. The number of allylic oxidation sites excluding steroid dienone is 1. The highest BCUT2D eigenvalue weighted by Crippen LogP contribution is 2.41. The fourth-order valence-electron chi connectivity index (χ4n) is 6.35. The lowest BCUT2D eigenvalue weighted by Gasteiger charge is -2.20. The van der Waals surface area contributed by atoms with E-state index in [1.165, 1.54) is 0 Å². The van der Waals surface area contributed by atoms with E-state index in [0.29, 0.717) is 47.2 Å². The summed E-state index contributed by atoms with van der Waals surface area (Å²) in [4.78, 5) is 12.0. The van der Waals surface area contributed by atoms with E-state index in [4.69, 9.17) is 16.2 Å². The van der Waals surface area contributed by atoms with E-state index in [1.54, 1.807) is 67.6 Å². The Labute approximate surface area is 364 Å². The molecule has 6 rings (SSSR count). The van der Waals surface area contributed by atoms with Crippen LogP contribution in [0.15, 0.2) is 126 Å². The molecule has 20 heteroatoms. The van der Waals surface area contributed by atoms with Crippen molar-refractivity contribution in [3.8, 4) is 11.1 Å². The first kappa shape index (κ1) is 45.8. The Bertz CT molecular complexity index is 2900. The molecule has 63 heavy (non-hydrogen) atoms. The average molecular weight is 896 g/mol. The lowest BCUT2D eigenvalue weighted by Crippen LogP contribution is -2.28. The van der Waals surface area contributed by atoms with Gasteiger partial charge in [-0.15, -0.1) is 10.2 Å². The molecule has 1 aliphatic carbocycles. The molecule has 5 aromatic carbocycles. The summed E-state index contributed by atoms with van der Waals surface area (Å²) >= 11 is 0. The van der Waals surface area contributed by atoms with Crippen molar-refractivity contribution in [1.29, 1.82) is 0 Å². The van der Waals surface area contributed by atoms with Crippen LogP contribution < -0.4 is 22.2 Å². The van der Waals surface area contributed by atoms with Crippen molar-refractivity contribution in [3.05, 3.63) is 118 Å². The van der Waals surface area contributed by atoms with Gasteiger partial charge >= 0.3 is 0 Å². The number of hydrazone groups is 1. The molecule has 1 unspecified atom stereocenters. The molecule has 0 radical (unpaired) electrons. The topological polar surface area (TPSA) is 293 Å². The minimum atomic E-state index is -5.08. The van der Waals surface area contributed by atoms with E-state index in [1.807, 2.05) is 31.2 Å². The van der Waals surface area contributed by atoms with Crippen LogP contribution in [0.4, 0.5) is 45.5 Å². The highest BCUT2D eigenvalue weighted by atomic mass is 32.2. The van der Waals surface area contributed by atoms with Crippen LogP contribution in [0.25, 0.3) is 17.2 Å². The Kier molecular flexibility index (Phi) is 14.2. The van der Waals surface area contributed by atoms with Gasteiger partial charge in [0.2, 0.25) is 5.78 Å². The summed E-state index contributed by atoms with van der Waals surface area (Å²) in [6, 6.07) is 25.1. The summed E-state index contributed by atoms with van der Waals surface area (Å²) in [6.45, 7) is 6.85. The maximum atomic E-state index is 13.8. The summed E-state index contributed by atoms with van der Waals surface area (Å²) in [5, 5.41) is 34.3. The van der Waals surface area contributed by atoms with E-state index < -0.39 is 59.0 Å². The van der Waals surface area contributed by atoms with Crippen molar-refractivity contribution in [3.63, 3.8) is 0 Å². The third-order valence-corrected chi connectivity index (χ3v) is 11.4. The number of benzene rings is 5. The maximum Gasteiger partial charge on any atom is 0.296 e. The molecule has 9 N–H and O–H groups in total. The van der Waals surface area contributed by atoms with E-state index >= 15 is 0 Å². The molecular weight excluding hydrogens is 851 g/mol. The predicted molar refractivity (Wildman–Crippen MR) is 243 cm³/mol. The number of nitrogen functional groups attached to an aromatic ring is 2. The standard InChI is InChI=1S/C43H45N9O9S2/c1-4-5-17-61-24-32(53)23-46-31-13-16-36(33(44)22-31)50-48-34-14-11-27(18-25(34)2)28-12-15-35(26(3)19-28)49-51-41-37(62(55,56)57)20-29-21-38(63(58,59)60)42(43(54)39(29)40(41)45)52-47-30-9-7-6-8-10-30/h6-16,18-22,32,46-47,53H,4-5,17,23-24,44-45H2,1-3H3,(H,55,56,57)(H,58,59,60). The van der Waals surface area contributed by atoms with Crippen molar-refractivity contribution >= 4 is 83.3 Å². The first-order valence-corrected chi connectivity index (χ1v) is 22.3. The van der Waals surface area contributed by atoms with Gasteiger partial charge in [-0.25, -0.2) is 0 Å². The number of fused-ring (bicyclic) bond motifs is 1. The van der Waals surface area contributed by atoms with Gasteiger partial charge in [-0.2, -0.15) is 32.2 Å². The molecular formula is C43H45N9O9S2. The number of aliphatic hydroxyl groups excluding tert-OH is 1. The smallest absolute Gasteiger partial charge is 0.296 e. The van der Waals surface area contributed by atoms with Crippen molar-refractivity contribution in [2.45, 2.75) is 44.6 Å². The Morgan fingerprint density at radius 1 is 0.762 bits per heavy atom. The van der Waals surface area contributed by atoms with Gasteiger partial charge in [-0.1, -0.05) is 43.7 Å². The second kappa shape index (κ2) is 19.6. The van der Waals surface area contributed by atoms with Crippen LogP contribution in [0.2, 0.25) is 0 Å². The second-order valence-electron chi connectivity index (χ2n) is 14.5. The van der Waals surface area contributed by atoms with Gasteiger partial charge in [-0.05, 0) is 115 Å². The molecule has 0 amide bonds. The first-order valence-electron chi connectivity index (χ1n) is 19.5. The van der Waals surface area contributed by atoms with Crippen LogP contribution in [-0.4, -0.2) is 68.4 Å². The van der Waals surface area contributed by atoms with Gasteiger partial charge < -0.3 is 26.6 Å². The third-order valence-electron chi connectivity index (χ3n) is 9.69. The van der Waals surface area contributed by atoms with Gasteiger partial charge in [-0.3, -0.25) is 19.3 Å². The zero-order valence-electron chi connectivity index (χ0n) is 34.3. The van der Waals surface area contributed by atoms with Crippen LogP contribution in [0.3, 0.4) is 0 Å². The van der Waals surface area contributed by atoms with E-state index in [-0.39, 0.29) is 17.7 Å². The minimum Gasteiger partial charge on any atom is -0.397 e. The van der Waals surface area contributed by atoms with Crippen LogP contribution in [-0.2, 0) is 25.0 Å². The number of ether oxygens (including phenoxy) is 1. The van der Waals surface area contributed by atoms with Crippen LogP contribution in [0.5, 0.6) is 0 Å². The Hall–Kier alpha value is -6.68. The third kappa shape index (κ3) is 11.2. The number of aliphatic hydroxyl groups is 1. The molecule has 328 valence electrons. The monoisotopic (exact) mass is 895 g/mol. The van der Waals surface area contributed by atoms with E-state index in [9.17, 15) is 35.8 Å². The number of anilines is 4. The largest absolute Gasteiger partial charge is 0.397 e. The molecule has 0 aliphatic heterocycles. The van der Waals surface area contributed by atoms with Gasteiger partial charge in [0.25, 0.3) is 20.2 Å². The molecule has 0 heterocycles. The van der Waals surface area contributed by atoms with Gasteiger partial charge in [0.1, 0.15) is 21.2 Å². The summed E-state index contributed by atoms with van der Waals surface area (Å²) in [6.07, 6.45) is 2.12. The summed E-state index contributed by atoms with van der Waals surface area (Å²) < 4.78 is 75.5. The number of carbonyl (C=O) groups is 1. The number of carbonyl (C=O) groups excluding carboxylic acids is 1. The second-order valence-corrected chi connectivity index (χ2v) is 17.2. The Morgan fingerprint density at radius 2 is 1.38 bits per heavy atom. The molecule has 5 aromatic rings. The first-order chi connectivity index (χ1) is 29.9. The molecule has 0 spiro atoms. The highest BCUT2D eigenvalue weighted by Gasteiger charge is 2.37. The number of rotatable bonds is 17. The Balaban J connectivity index is 1.21. The lowest BCUT2D eigenvalue weighted by atomic mass is 9.92. The summed E-state index contributed by atoms with van der Waals surface area (Å²) in [5.74, 6) is -1.08. The van der Waals surface area contributed by atoms with Gasteiger partial charge in [0.15, 0.2) is 5.71 Å². The number of Topliss-reactive ketones (excluding diaryl/α,β-unsaturated/α-hetero) is 1. The molecule has 0 saturated heterocycles. The van der Waals surface area contributed by atoms with Crippen LogP contribution in [0, 0.1) is 13.8 Å². The molecule has 0 saturated carbocycles. The number of nitrogens with zero attached hydrogens (tertiary/aromatic N) is 5. The van der Waals surface area contributed by atoms with Crippen LogP contribution >= 0.6 is 0 Å². The molecule has 0 fully saturated rings. The average Bonchev–Trinajstić information content (AvgIpc) is 3.23. The maximum absolute atomic E-state index is 13.8. The van der Waals surface area contributed by atoms with Crippen LogP contribution in [0.1, 0.15) is 46.8 Å². The fraction of sp³-hybridized carbons (Fsp3) is 0.209. The predicted octanol–water partition coefficient (Wildman–Crippen LogP) is 8.69. The number of nitrogens with one attached hydrogen (secondary N) is 2. The number of azo groups is 2. The number of hydrogen-bond donors (Lipinski definition) is 7. The van der Waals surface area contributed by atoms with E-state index in [0.717, 1.165) is 47.4 Å². The SMILES string of the molecule is CCCCOCC(O)CNc1ccc(N=Nc2ccc(-c3ccc(N=Nc4c(S(=O)(=O)O)cc5c(c4N)C(=O)C(=NNc4ccccc4)C(S(=O)(=O)O)=C5)c(C)c3)cc2C)c(N)c1. The number of aryl methyl sites for hydroxylation is 2. The minimum absolute atomic E-state index is 0.240. The van der Waals surface area contributed by atoms with Crippen molar-refractivity contribution in [2.75, 3.05) is 42.0 Å². The number of hydrogen-bond acceptors (Lipinski definition) is 16. The highest BCUT2D eigenvalue weighted by molar-refractivity contribution is 7.91. The molecule has 0 bridgehead atoms. The number of nitrogens with two attached hydrogens (primary N) is 2. The van der Waals surface area contributed by atoms with Gasteiger partial charge in [0, 0.05) is 18.8 Å². The molecule has 1 aliphatic rings. The van der Waals surface area contributed by atoms with Gasteiger partial charge in [0.05, 0.1) is 46.7 Å². The number of ketones is 1. The van der Waals surface area contributed by atoms with Crippen molar-refractivity contribution < 1.29 is 40.6 Å². The summed E-state index contributed by atoms with van der Waals surface area (Å²) in [5.41, 5.74) is 18.6. The van der Waals surface area contributed by atoms with Crippen molar-refractivity contribution in [1.82, 2.24) is 0 Å². The summed E-state index contributed by atoms with van der Waals surface area (Å²) in [7, 11) is -10.2. The zero-order valence-corrected chi connectivity index (χ0v) is 36.0. The number of unbranched alkanes of at least 4 members (excludes halogenated alkanes) is 1. The number of para-hydroxylation sites is 1.